The molecule has 0 aliphatic carbocycles. The first-order valence-electron chi connectivity index (χ1n) is 4.51. The second-order valence-electron chi connectivity index (χ2n) is 3.18. The zero-order chi connectivity index (χ0) is 10.8. The van der Waals surface area contributed by atoms with E-state index in [4.69, 9.17) is 10.0 Å². The van der Waals surface area contributed by atoms with Crippen LogP contribution in [0.5, 0.6) is 0 Å². The van der Waals surface area contributed by atoms with Gasteiger partial charge in [0.2, 0.25) is 0 Å². The van der Waals surface area contributed by atoms with Crippen LogP contribution in [-0.2, 0) is 0 Å². The lowest BCUT2D eigenvalue weighted by Gasteiger charge is -2.04. The Morgan fingerprint density at radius 2 is 1.87 bits per heavy atom. The first-order chi connectivity index (χ1) is 7.18. The minimum Gasteiger partial charge on any atom is -0.423 e. The lowest BCUT2D eigenvalue weighted by Crippen LogP contribution is -2.29. The summed E-state index contributed by atoms with van der Waals surface area (Å²) in [7, 11) is -1.43. The third-order valence-electron chi connectivity index (χ3n) is 2.15. The van der Waals surface area contributed by atoms with Crippen molar-refractivity contribution >= 4 is 12.6 Å². The fourth-order valence-corrected chi connectivity index (χ4v) is 1.34. The molecule has 2 N–H and O–H groups in total. The van der Waals surface area contributed by atoms with Crippen LogP contribution in [0, 0.1) is 6.92 Å². The fraction of sp³-hybridized carbons (Fsp3) is 0.111. The highest BCUT2D eigenvalue weighted by molar-refractivity contribution is 6.58. The minimum absolute atomic E-state index is 0.455. The average molecular weight is 203 g/mol. The number of hydrogen-bond donors (Lipinski definition) is 2. The second-order valence-corrected chi connectivity index (χ2v) is 3.18. The molecule has 76 valence electrons. The van der Waals surface area contributed by atoms with Crippen LogP contribution in [0.2, 0.25) is 0 Å². The first-order valence-corrected chi connectivity index (χ1v) is 4.51. The SMILES string of the molecule is Cc1ncnn1-c1ccc(B(O)O)cc1. The predicted molar refractivity (Wildman–Crippen MR) is 55.9 cm³/mol. The summed E-state index contributed by atoms with van der Waals surface area (Å²) in [5.74, 6) is 0.785. The Bertz CT molecular complexity index is 453. The van der Waals surface area contributed by atoms with E-state index in [-0.39, 0.29) is 0 Å². The summed E-state index contributed by atoms with van der Waals surface area (Å²) in [6, 6.07) is 6.80. The smallest absolute Gasteiger partial charge is 0.423 e. The number of aryl methyl sites for hydroxylation is 1. The van der Waals surface area contributed by atoms with Gasteiger partial charge in [-0.15, -0.1) is 0 Å². The Hall–Kier alpha value is -1.66. The van der Waals surface area contributed by atoms with Gasteiger partial charge in [-0.25, -0.2) is 9.67 Å². The van der Waals surface area contributed by atoms with Crippen molar-refractivity contribution in [3.63, 3.8) is 0 Å². The number of nitrogens with zero attached hydrogens (tertiary/aromatic N) is 3. The largest absolute Gasteiger partial charge is 0.488 e. The number of benzene rings is 1. The highest BCUT2D eigenvalue weighted by atomic mass is 16.4. The summed E-state index contributed by atoms with van der Waals surface area (Å²) in [6.45, 7) is 1.85. The van der Waals surface area contributed by atoms with Gasteiger partial charge in [0, 0.05) is 0 Å². The molecule has 0 unspecified atom stereocenters. The highest BCUT2D eigenvalue weighted by Crippen LogP contribution is 2.05. The summed E-state index contributed by atoms with van der Waals surface area (Å²) in [5.41, 5.74) is 1.30. The molecule has 0 saturated heterocycles. The maximum absolute atomic E-state index is 8.92. The number of rotatable bonds is 2. The fourth-order valence-electron chi connectivity index (χ4n) is 1.34. The molecule has 1 aromatic heterocycles. The Balaban J connectivity index is 2.36. The van der Waals surface area contributed by atoms with Crippen LogP contribution in [0.4, 0.5) is 0 Å². The molecule has 0 radical (unpaired) electrons. The molecule has 0 saturated carbocycles. The Labute approximate surface area is 87.2 Å². The van der Waals surface area contributed by atoms with Crippen molar-refractivity contribution in [2.24, 2.45) is 0 Å². The van der Waals surface area contributed by atoms with E-state index >= 15 is 0 Å². The Kier molecular flexibility index (Phi) is 2.53. The van der Waals surface area contributed by atoms with E-state index in [2.05, 4.69) is 10.1 Å². The summed E-state index contributed by atoms with van der Waals surface area (Å²) < 4.78 is 1.67. The third-order valence-corrected chi connectivity index (χ3v) is 2.15. The van der Waals surface area contributed by atoms with E-state index in [0.717, 1.165) is 11.5 Å². The molecule has 2 aromatic rings. The average Bonchev–Trinajstić information content (AvgIpc) is 2.65. The highest BCUT2D eigenvalue weighted by Gasteiger charge is 2.10. The quantitative estimate of drug-likeness (QED) is 0.630. The summed E-state index contributed by atoms with van der Waals surface area (Å²) in [5, 5.41) is 21.9. The molecular formula is C9H10BN3O2. The van der Waals surface area contributed by atoms with Gasteiger partial charge in [-0.05, 0) is 24.5 Å². The van der Waals surface area contributed by atoms with Crippen molar-refractivity contribution in [3.8, 4) is 5.69 Å². The topological polar surface area (TPSA) is 71.2 Å². The molecule has 0 aliphatic rings. The zero-order valence-corrected chi connectivity index (χ0v) is 8.20. The summed E-state index contributed by atoms with van der Waals surface area (Å²) in [6.07, 6.45) is 1.48. The van der Waals surface area contributed by atoms with Gasteiger partial charge in [-0.3, -0.25) is 0 Å². The van der Waals surface area contributed by atoms with Crippen LogP contribution >= 0.6 is 0 Å². The minimum atomic E-state index is -1.43. The first kappa shape index (κ1) is 9.88. The molecule has 1 heterocycles. The van der Waals surface area contributed by atoms with Crippen LogP contribution in [0.3, 0.4) is 0 Å². The van der Waals surface area contributed by atoms with Crippen LogP contribution in [0.15, 0.2) is 30.6 Å². The van der Waals surface area contributed by atoms with Gasteiger partial charge in [0.1, 0.15) is 12.2 Å². The van der Waals surface area contributed by atoms with E-state index in [1.807, 2.05) is 6.92 Å². The molecule has 15 heavy (non-hydrogen) atoms. The van der Waals surface area contributed by atoms with Gasteiger partial charge in [0.15, 0.2) is 0 Å². The van der Waals surface area contributed by atoms with Gasteiger partial charge >= 0.3 is 7.12 Å². The Morgan fingerprint density at radius 3 is 2.33 bits per heavy atom. The van der Waals surface area contributed by atoms with E-state index in [1.54, 1.807) is 28.9 Å². The van der Waals surface area contributed by atoms with Gasteiger partial charge in [0.25, 0.3) is 0 Å². The normalized spacial score (nSPS) is 10.3. The molecule has 0 fully saturated rings. The maximum atomic E-state index is 8.92. The van der Waals surface area contributed by atoms with Crippen molar-refractivity contribution < 1.29 is 10.0 Å². The second kappa shape index (κ2) is 3.84. The van der Waals surface area contributed by atoms with E-state index in [0.29, 0.717) is 5.46 Å². The molecule has 0 bridgehead atoms. The van der Waals surface area contributed by atoms with Gasteiger partial charge in [-0.1, -0.05) is 12.1 Å². The van der Waals surface area contributed by atoms with Gasteiger partial charge in [-0.2, -0.15) is 5.10 Å². The number of aromatic nitrogens is 3. The molecular weight excluding hydrogens is 193 g/mol. The lowest BCUT2D eigenvalue weighted by molar-refractivity contribution is 0.426. The van der Waals surface area contributed by atoms with Crippen molar-refractivity contribution in [1.82, 2.24) is 14.8 Å². The van der Waals surface area contributed by atoms with Crippen molar-refractivity contribution in [2.75, 3.05) is 0 Å². The zero-order valence-electron chi connectivity index (χ0n) is 8.20. The standard InChI is InChI=1S/C9H10BN3O2/c1-7-11-6-12-13(7)9-4-2-8(3-5-9)10(14)15/h2-6,14-15H,1H3. The Morgan fingerprint density at radius 1 is 1.20 bits per heavy atom. The molecule has 0 amide bonds. The molecule has 0 aliphatic heterocycles. The van der Waals surface area contributed by atoms with E-state index in [9.17, 15) is 0 Å². The molecule has 0 atom stereocenters. The van der Waals surface area contributed by atoms with Crippen LogP contribution < -0.4 is 5.46 Å². The van der Waals surface area contributed by atoms with Crippen LogP contribution in [0.25, 0.3) is 5.69 Å². The third kappa shape index (κ3) is 1.90. The van der Waals surface area contributed by atoms with E-state index in [1.165, 1.54) is 6.33 Å². The number of hydrogen-bond acceptors (Lipinski definition) is 4. The van der Waals surface area contributed by atoms with Gasteiger partial charge < -0.3 is 10.0 Å². The molecule has 6 heteroatoms. The maximum Gasteiger partial charge on any atom is 0.488 e. The van der Waals surface area contributed by atoms with Crippen LogP contribution in [0.1, 0.15) is 5.82 Å². The monoisotopic (exact) mass is 203 g/mol. The van der Waals surface area contributed by atoms with Crippen molar-refractivity contribution in [2.45, 2.75) is 6.92 Å². The predicted octanol–water partition coefficient (Wildman–Crippen LogP) is -0.744. The summed E-state index contributed by atoms with van der Waals surface area (Å²) in [4.78, 5) is 4.00. The van der Waals surface area contributed by atoms with E-state index < -0.39 is 7.12 Å². The van der Waals surface area contributed by atoms with Crippen LogP contribution in [-0.4, -0.2) is 31.9 Å². The summed E-state index contributed by atoms with van der Waals surface area (Å²) >= 11 is 0. The molecule has 2 rings (SSSR count). The molecule has 0 spiro atoms. The van der Waals surface area contributed by atoms with Gasteiger partial charge in [0.05, 0.1) is 5.69 Å². The van der Waals surface area contributed by atoms with Crippen molar-refractivity contribution in [1.29, 1.82) is 0 Å². The lowest BCUT2D eigenvalue weighted by atomic mass is 9.80. The molecule has 1 aromatic carbocycles. The molecule has 5 nitrogen and oxygen atoms in total. The van der Waals surface area contributed by atoms with Crippen molar-refractivity contribution in [3.05, 3.63) is 36.4 Å².